The van der Waals surface area contributed by atoms with Crippen molar-refractivity contribution in [2.24, 2.45) is 11.3 Å². The Kier molecular flexibility index (Phi) is 9.38. The summed E-state index contributed by atoms with van der Waals surface area (Å²) in [6, 6.07) is 8.11. The van der Waals surface area contributed by atoms with E-state index in [0.717, 1.165) is 24.1 Å². The Labute approximate surface area is 249 Å². The number of rotatable bonds is 10. The van der Waals surface area contributed by atoms with Crippen LogP contribution in [0.2, 0.25) is 0 Å². The van der Waals surface area contributed by atoms with Gasteiger partial charge in [0.05, 0.1) is 34.8 Å². The summed E-state index contributed by atoms with van der Waals surface area (Å²) in [5.74, 6) is -1.24. The summed E-state index contributed by atoms with van der Waals surface area (Å²) < 4.78 is 77.1. The molecule has 0 spiro atoms. The molecule has 13 heteroatoms. The number of hydrogen-bond donors (Lipinski definition) is 1. The number of aliphatic carboxylic acids is 1. The van der Waals surface area contributed by atoms with Crippen molar-refractivity contribution in [2.45, 2.75) is 84.3 Å². The van der Waals surface area contributed by atoms with Crippen LogP contribution in [0.25, 0.3) is 0 Å². The first-order valence-corrected chi connectivity index (χ1v) is 15.5. The highest BCUT2D eigenvalue weighted by Gasteiger charge is 2.40. The fraction of sp³-hybridized carbons (Fsp3) is 0.500. The lowest BCUT2D eigenvalue weighted by atomic mass is 9.81. The molecule has 0 saturated carbocycles. The zero-order chi connectivity index (χ0) is 31.7. The van der Waals surface area contributed by atoms with Crippen LogP contribution < -0.4 is 0 Å². The number of fused-ring (bicyclic) bond motifs is 1. The summed E-state index contributed by atoms with van der Waals surface area (Å²) in [5, 5.41) is 18.2. The Morgan fingerprint density at radius 1 is 1.19 bits per heavy atom. The summed E-state index contributed by atoms with van der Waals surface area (Å²) in [4.78, 5) is 12.0. The number of nitrogens with zero attached hydrogens (tertiary/aromatic N) is 4. The van der Waals surface area contributed by atoms with E-state index in [1.54, 1.807) is 49.8 Å². The molecular weight excluding hydrogens is 585 g/mol. The maximum absolute atomic E-state index is 13.8. The van der Waals surface area contributed by atoms with E-state index in [4.69, 9.17) is 4.74 Å². The van der Waals surface area contributed by atoms with Gasteiger partial charge in [-0.1, -0.05) is 43.3 Å². The third-order valence-corrected chi connectivity index (χ3v) is 9.66. The standard InChI is InChI=1S/C30H37F3N4O5S/c1-6-11-36-17-25(34-35-36)18-42-27(29(4,5)28(38)39)22-8-7-20(3)23(13-22)16-37-15-19(2)12-21-9-10-24(30(31,32)33)14-26(21)43(37,40)41/h7-10,13-14,17,19,27H,6,11-12,15-16,18H2,1-5H3,(H,38,39)/t19-,27?/m0/s1. The number of carboxylic acid groups (broad SMARTS) is 1. The molecular formula is C30H37F3N4O5S. The molecule has 2 aromatic carbocycles. The normalized spacial score (nSPS) is 18.2. The van der Waals surface area contributed by atoms with Gasteiger partial charge >= 0.3 is 12.1 Å². The number of carbonyl (C=O) groups is 1. The molecule has 9 nitrogen and oxygen atoms in total. The summed E-state index contributed by atoms with van der Waals surface area (Å²) in [5.41, 5.74) is 0.348. The van der Waals surface area contributed by atoms with Crippen molar-refractivity contribution in [3.63, 3.8) is 0 Å². The predicted molar refractivity (Wildman–Crippen MR) is 152 cm³/mol. The number of alkyl halides is 3. The lowest BCUT2D eigenvalue weighted by Gasteiger charge is -2.31. The second kappa shape index (κ2) is 12.4. The van der Waals surface area contributed by atoms with Gasteiger partial charge in [0.25, 0.3) is 0 Å². The molecule has 2 atom stereocenters. The number of aryl methyl sites for hydroxylation is 2. The molecule has 0 radical (unpaired) electrons. The highest BCUT2D eigenvalue weighted by molar-refractivity contribution is 7.89. The van der Waals surface area contributed by atoms with E-state index in [9.17, 15) is 31.5 Å². The van der Waals surface area contributed by atoms with Crippen LogP contribution in [-0.2, 0) is 51.8 Å². The summed E-state index contributed by atoms with van der Waals surface area (Å²) in [6.45, 7) is 9.44. The number of benzene rings is 2. The molecule has 4 rings (SSSR count). The molecule has 1 N–H and O–H groups in total. The smallest absolute Gasteiger partial charge is 0.416 e. The van der Waals surface area contributed by atoms with Crippen LogP contribution in [0, 0.1) is 18.3 Å². The first kappa shape index (κ1) is 32.6. The highest BCUT2D eigenvalue weighted by Crippen LogP contribution is 2.39. The molecule has 43 heavy (non-hydrogen) atoms. The predicted octanol–water partition coefficient (Wildman–Crippen LogP) is 5.77. The number of ether oxygens (including phenoxy) is 1. The van der Waals surface area contributed by atoms with Crippen molar-refractivity contribution in [3.8, 4) is 0 Å². The van der Waals surface area contributed by atoms with E-state index in [2.05, 4.69) is 10.3 Å². The topological polar surface area (TPSA) is 115 Å². The molecule has 0 amide bonds. The average molecular weight is 623 g/mol. The molecule has 1 aromatic heterocycles. The van der Waals surface area contributed by atoms with Crippen molar-refractivity contribution in [1.82, 2.24) is 19.3 Å². The Morgan fingerprint density at radius 3 is 2.56 bits per heavy atom. The zero-order valence-corrected chi connectivity index (χ0v) is 25.7. The van der Waals surface area contributed by atoms with Crippen LogP contribution >= 0.6 is 0 Å². The van der Waals surface area contributed by atoms with Gasteiger partial charge in [0.15, 0.2) is 0 Å². The molecule has 2 heterocycles. The summed E-state index contributed by atoms with van der Waals surface area (Å²) in [6.07, 6.45) is -2.70. The van der Waals surface area contributed by atoms with Gasteiger partial charge in [-0.2, -0.15) is 17.5 Å². The molecule has 0 bridgehead atoms. The molecule has 3 aromatic rings. The Bertz CT molecular complexity index is 1590. The third kappa shape index (κ3) is 7.10. The molecule has 0 saturated heterocycles. The number of sulfonamides is 1. The summed E-state index contributed by atoms with van der Waals surface area (Å²) >= 11 is 0. The SMILES string of the molecule is CCCn1cc(COC(c2ccc(C)c(CN3C[C@@H](C)Cc4ccc(C(F)(F)F)cc4S3(=O)=O)c2)C(C)(C)C(=O)O)nn1. The van der Waals surface area contributed by atoms with E-state index in [1.165, 1.54) is 10.4 Å². The van der Waals surface area contributed by atoms with Gasteiger partial charge < -0.3 is 9.84 Å². The summed E-state index contributed by atoms with van der Waals surface area (Å²) in [7, 11) is -4.28. The van der Waals surface area contributed by atoms with Crippen LogP contribution in [-0.4, -0.2) is 45.3 Å². The van der Waals surface area contributed by atoms with E-state index < -0.39 is 39.3 Å². The van der Waals surface area contributed by atoms with Crippen LogP contribution in [0.5, 0.6) is 0 Å². The number of halogens is 3. The second-order valence-electron chi connectivity index (χ2n) is 11.8. The number of carboxylic acids is 1. The van der Waals surface area contributed by atoms with E-state index in [0.29, 0.717) is 35.3 Å². The van der Waals surface area contributed by atoms with E-state index in [-0.39, 0.29) is 30.5 Å². The molecule has 0 aliphatic carbocycles. The van der Waals surface area contributed by atoms with Crippen LogP contribution in [0.4, 0.5) is 13.2 Å². The van der Waals surface area contributed by atoms with Crippen LogP contribution in [0.3, 0.4) is 0 Å². The number of hydrogen-bond acceptors (Lipinski definition) is 6. The first-order valence-electron chi connectivity index (χ1n) is 14.1. The van der Waals surface area contributed by atoms with Gasteiger partial charge in [0.1, 0.15) is 5.69 Å². The fourth-order valence-electron chi connectivity index (χ4n) is 5.27. The lowest BCUT2D eigenvalue weighted by Crippen LogP contribution is -2.34. The minimum atomic E-state index is -4.69. The Balaban J connectivity index is 1.69. The van der Waals surface area contributed by atoms with Crippen molar-refractivity contribution < 1.29 is 36.2 Å². The van der Waals surface area contributed by atoms with Crippen molar-refractivity contribution >= 4 is 16.0 Å². The third-order valence-electron chi connectivity index (χ3n) is 7.76. The van der Waals surface area contributed by atoms with Crippen LogP contribution in [0.1, 0.15) is 73.7 Å². The largest absolute Gasteiger partial charge is 0.481 e. The molecule has 234 valence electrons. The van der Waals surface area contributed by atoms with Gasteiger partial charge in [-0.15, -0.1) is 5.10 Å². The first-order chi connectivity index (χ1) is 20.0. The van der Waals surface area contributed by atoms with Crippen LogP contribution in [0.15, 0.2) is 47.5 Å². The Morgan fingerprint density at radius 2 is 1.91 bits per heavy atom. The average Bonchev–Trinajstić information content (AvgIpc) is 3.33. The molecule has 1 aliphatic heterocycles. The van der Waals surface area contributed by atoms with Crippen molar-refractivity contribution in [3.05, 3.63) is 76.1 Å². The lowest BCUT2D eigenvalue weighted by molar-refractivity contribution is -0.158. The quantitative estimate of drug-likeness (QED) is 0.306. The van der Waals surface area contributed by atoms with Gasteiger partial charge in [-0.25, -0.2) is 8.42 Å². The maximum atomic E-state index is 13.8. The van der Waals surface area contributed by atoms with Gasteiger partial charge in [-0.05, 0) is 73.9 Å². The maximum Gasteiger partial charge on any atom is 0.416 e. The molecule has 1 unspecified atom stereocenters. The van der Waals surface area contributed by atoms with Gasteiger partial charge in [-0.3, -0.25) is 9.48 Å². The Hall–Kier alpha value is -3.29. The highest BCUT2D eigenvalue weighted by atomic mass is 32.2. The minimum Gasteiger partial charge on any atom is -0.481 e. The monoisotopic (exact) mass is 622 g/mol. The van der Waals surface area contributed by atoms with Crippen molar-refractivity contribution in [2.75, 3.05) is 6.54 Å². The van der Waals surface area contributed by atoms with Gasteiger partial charge in [0.2, 0.25) is 10.0 Å². The van der Waals surface area contributed by atoms with E-state index >= 15 is 0 Å². The fourth-order valence-corrected chi connectivity index (χ4v) is 7.07. The number of aromatic nitrogens is 3. The zero-order valence-electron chi connectivity index (χ0n) is 24.8. The molecule has 0 fully saturated rings. The molecule has 1 aliphatic rings. The van der Waals surface area contributed by atoms with Gasteiger partial charge in [0, 0.05) is 19.6 Å². The second-order valence-corrected chi connectivity index (χ2v) is 13.7. The van der Waals surface area contributed by atoms with Crippen molar-refractivity contribution in [1.29, 1.82) is 0 Å². The minimum absolute atomic E-state index is 0.00461. The van der Waals surface area contributed by atoms with E-state index in [1.807, 2.05) is 13.8 Å².